The van der Waals surface area contributed by atoms with Gasteiger partial charge in [-0.3, -0.25) is 0 Å². The Hall–Kier alpha value is -2.74. The number of phenols is 2. The Bertz CT molecular complexity index is 1030. The van der Waals surface area contributed by atoms with E-state index < -0.39 is 0 Å². The van der Waals surface area contributed by atoms with Crippen molar-refractivity contribution in [2.24, 2.45) is 0 Å². The Morgan fingerprint density at radius 3 is 1.37 bits per heavy atom. The fourth-order valence-electron chi connectivity index (χ4n) is 5.79. The topological polar surface area (TPSA) is 40.5 Å². The number of aryl methyl sites for hydroxylation is 2. The SMILES string of the molecule is CC1(c2cc(O)c(C3(C)CCc4ccccc4C3)cc2O)CCc2ccccc2C1. The third-order valence-corrected chi connectivity index (χ3v) is 7.70. The molecule has 0 saturated carbocycles. The molecule has 0 aromatic heterocycles. The van der Waals surface area contributed by atoms with Gasteiger partial charge < -0.3 is 10.2 Å². The molecule has 154 valence electrons. The van der Waals surface area contributed by atoms with E-state index in [0.29, 0.717) is 11.5 Å². The van der Waals surface area contributed by atoms with Gasteiger partial charge in [0.1, 0.15) is 11.5 Å². The maximum Gasteiger partial charge on any atom is 0.119 e. The molecular weight excluding hydrogens is 368 g/mol. The number of benzene rings is 3. The van der Waals surface area contributed by atoms with Gasteiger partial charge in [0.2, 0.25) is 0 Å². The summed E-state index contributed by atoms with van der Waals surface area (Å²) >= 11 is 0. The molecule has 2 N–H and O–H groups in total. The zero-order chi connectivity index (χ0) is 20.9. The highest BCUT2D eigenvalue weighted by Gasteiger charge is 2.38. The first-order valence-electron chi connectivity index (χ1n) is 11.1. The summed E-state index contributed by atoms with van der Waals surface area (Å²) in [5.41, 5.74) is 6.92. The van der Waals surface area contributed by atoms with Crippen LogP contribution >= 0.6 is 0 Å². The fraction of sp³-hybridized carbons (Fsp3) is 0.357. The molecule has 2 heteroatoms. The number of hydrogen-bond donors (Lipinski definition) is 2. The molecule has 30 heavy (non-hydrogen) atoms. The van der Waals surface area contributed by atoms with Crippen molar-refractivity contribution in [3.63, 3.8) is 0 Å². The van der Waals surface area contributed by atoms with E-state index in [9.17, 15) is 10.2 Å². The Kier molecular flexibility index (Phi) is 4.43. The lowest BCUT2D eigenvalue weighted by Crippen LogP contribution is -2.32. The molecule has 2 atom stereocenters. The van der Waals surface area contributed by atoms with Crippen LogP contribution in [0.15, 0.2) is 60.7 Å². The van der Waals surface area contributed by atoms with Gasteiger partial charge in [-0.1, -0.05) is 62.4 Å². The van der Waals surface area contributed by atoms with Crippen LogP contribution in [0.2, 0.25) is 0 Å². The van der Waals surface area contributed by atoms with Gasteiger partial charge in [-0.15, -0.1) is 0 Å². The van der Waals surface area contributed by atoms with Gasteiger partial charge in [0.15, 0.2) is 0 Å². The molecule has 0 bridgehead atoms. The molecule has 5 rings (SSSR count). The lowest BCUT2D eigenvalue weighted by Gasteiger charge is -2.38. The molecule has 0 saturated heterocycles. The summed E-state index contributed by atoms with van der Waals surface area (Å²) in [4.78, 5) is 0. The minimum Gasteiger partial charge on any atom is -0.508 e. The van der Waals surface area contributed by atoms with E-state index in [1.54, 1.807) is 0 Å². The van der Waals surface area contributed by atoms with Gasteiger partial charge in [-0.05, 0) is 72.9 Å². The molecule has 3 aromatic carbocycles. The molecule has 0 spiro atoms. The summed E-state index contributed by atoms with van der Waals surface area (Å²) in [5.74, 6) is 0.648. The summed E-state index contributed by atoms with van der Waals surface area (Å²) in [6.07, 6.45) is 5.73. The Labute approximate surface area is 179 Å². The summed E-state index contributed by atoms with van der Waals surface area (Å²) < 4.78 is 0. The molecule has 0 heterocycles. The molecule has 2 unspecified atom stereocenters. The molecule has 0 radical (unpaired) electrons. The monoisotopic (exact) mass is 398 g/mol. The third kappa shape index (κ3) is 3.10. The van der Waals surface area contributed by atoms with E-state index in [4.69, 9.17) is 0 Å². The zero-order valence-electron chi connectivity index (χ0n) is 17.9. The smallest absolute Gasteiger partial charge is 0.119 e. The van der Waals surface area contributed by atoms with Crippen LogP contribution in [-0.4, -0.2) is 10.2 Å². The quantitative estimate of drug-likeness (QED) is 0.521. The van der Waals surface area contributed by atoms with Gasteiger partial charge in [0.25, 0.3) is 0 Å². The van der Waals surface area contributed by atoms with Crippen molar-refractivity contribution in [1.29, 1.82) is 0 Å². The van der Waals surface area contributed by atoms with E-state index in [2.05, 4.69) is 62.4 Å². The summed E-state index contributed by atoms with van der Waals surface area (Å²) in [6.45, 7) is 4.44. The van der Waals surface area contributed by atoms with Crippen LogP contribution in [-0.2, 0) is 36.5 Å². The van der Waals surface area contributed by atoms with Crippen molar-refractivity contribution in [3.05, 3.63) is 94.0 Å². The van der Waals surface area contributed by atoms with Crippen molar-refractivity contribution in [3.8, 4) is 11.5 Å². The van der Waals surface area contributed by atoms with Crippen LogP contribution in [0, 0.1) is 0 Å². The predicted molar refractivity (Wildman–Crippen MR) is 121 cm³/mol. The zero-order valence-corrected chi connectivity index (χ0v) is 17.9. The number of aromatic hydroxyl groups is 2. The largest absolute Gasteiger partial charge is 0.508 e. The minimum atomic E-state index is -0.172. The van der Waals surface area contributed by atoms with Gasteiger partial charge in [0, 0.05) is 22.0 Å². The maximum absolute atomic E-state index is 11.1. The number of phenolic OH excluding ortho intramolecular Hbond substituents is 2. The molecule has 0 fully saturated rings. The first kappa shape index (κ1) is 19.2. The van der Waals surface area contributed by atoms with Crippen LogP contribution in [0.3, 0.4) is 0 Å². The number of hydrogen-bond acceptors (Lipinski definition) is 2. The summed E-state index contributed by atoms with van der Waals surface area (Å²) in [7, 11) is 0. The Balaban J connectivity index is 1.51. The average Bonchev–Trinajstić information content (AvgIpc) is 2.74. The highest BCUT2D eigenvalue weighted by atomic mass is 16.3. The van der Waals surface area contributed by atoms with E-state index in [-0.39, 0.29) is 10.8 Å². The van der Waals surface area contributed by atoms with Crippen molar-refractivity contribution in [2.45, 2.75) is 63.2 Å². The normalized spacial score (nSPS) is 25.4. The van der Waals surface area contributed by atoms with Crippen LogP contribution in [0.1, 0.15) is 60.1 Å². The van der Waals surface area contributed by atoms with Crippen LogP contribution < -0.4 is 0 Å². The lowest BCUT2D eigenvalue weighted by molar-refractivity contribution is 0.357. The minimum absolute atomic E-state index is 0.172. The van der Waals surface area contributed by atoms with Crippen LogP contribution in [0.4, 0.5) is 0 Å². The highest BCUT2D eigenvalue weighted by molar-refractivity contribution is 5.53. The van der Waals surface area contributed by atoms with Crippen molar-refractivity contribution in [1.82, 2.24) is 0 Å². The van der Waals surface area contributed by atoms with E-state index >= 15 is 0 Å². The molecule has 2 aliphatic rings. The van der Waals surface area contributed by atoms with Crippen molar-refractivity contribution < 1.29 is 10.2 Å². The highest BCUT2D eigenvalue weighted by Crippen LogP contribution is 2.48. The first-order valence-corrected chi connectivity index (χ1v) is 11.1. The molecule has 0 aliphatic heterocycles. The lowest BCUT2D eigenvalue weighted by atomic mass is 9.66. The molecule has 2 aliphatic carbocycles. The second kappa shape index (κ2) is 6.91. The Morgan fingerprint density at radius 1 is 0.600 bits per heavy atom. The Morgan fingerprint density at radius 2 is 0.967 bits per heavy atom. The van der Waals surface area contributed by atoms with Crippen molar-refractivity contribution >= 4 is 0 Å². The van der Waals surface area contributed by atoms with Crippen LogP contribution in [0.5, 0.6) is 11.5 Å². The number of fused-ring (bicyclic) bond motifs is 2. The fourth-order valence-corrected chi connectivity index (χ4v) is 5.79. The van der Waals surface area contributed by atoms with E-state index in [1.807, 2.05) is 12.1 Å². The van der Waals surface area contributed by atoms with E-state index in [1.165, 1.54) is 22.3 Å². The van der Waals surface area contributed by atoms with Crippen LogP contribution in [0.25, 0.3) is 0 Å². The summed E-state index contributed by atoms with van der Waals surface area (Å²) in [6, 6.07) is 20.9. The van der Waals surface area contributed by atoms with Gasteiger partial charge in [-0.2, -0.15) is 0 Å². The van der Waals surface area contributed by atoms with Crippen molar-refractivity contribution in [2.75, 3.05) is 0 Å². The molecule has 0 amide bonds. The average molecular weight is 399 g/mol. The predicted octanol–water partition coefficient (Wildman–Crippen LogP) is 5.99. The van der Waals surface area contributed by atoms with Gasteiger partial charge in [0.05, 0.1) is 0 Å². The van der Waals surface area contributed by atoms with Gasteiger partial charge in [-0.25, -0.2) is 0 Å². The second-order valence-corrected chi connectivity index (χ2v) is 9.90. The van der Waals surface area contributed by atoms with E-state index in [0.717, 1.165) is 49.7 Å². The first-order chi connectivity index (χ1) is 14.4. The maximum atomic E-state index is 11.1. The third-order valence-electron chi connectivity index (χ3n) is 7.70. The molecule has 3 aromatic rings. The van der Waals surface area contributed by atoms with Gasteiger partial charge >= 0.3 is 0 Å². The number of rotatable bonds is 2. The summed E-state index contributed by atoms with van der Waals surface area (Å²) in [5, 5.41) is 22.2. The standard InChI is InChI=1S/C28H30O2/c1-27(13-11-19-7-3-5-9-21(19)17-27)23-15-26(30)24(16-25(23)29)28(2)14-12-20-8-4-6-10-22(20)18-28/h3-10,15-16,29-30H,11-14,17-18H2,1-2H3. The molecular formula is C28H30O2. The molecule has 2 nitrogen and oxygen atoms in total. The second-order valence-electron chi connectivity index (χ2n) is 9.90.